The quantitative estimate of drug-likeness (QED) is 0.835. The van der Waals surface area contributed by atoms with Gasteiger partial charge in [0, 0.05) is 32.7 Å². The van der Waals surface area contributed by atoms with Gasteiger partial charge in [0.2, 0.25) is 5.91 Å². The van der Waals surface area contributed by atoms with Crippen molar-refractivity contribution in [2.45, 2.75) is 18.8 Å². The van der Waals surface area contributed by atoms with E-state index in [9.17, 15) is 18.0 Å². The van der Waals surface area contributed by atoms with Crippen molar-refractivity contribution in [1.29, 1.82) is 5.26 Å². The van der Waals surface area contributed by atoms with Gasteiger partial charge in [0.25, 0.3) is 0 Å². The molecular weight excluding hydrogens is 381 g/mol. The third-order valence-electron chi connectivity index (χ3n) is 5.06. The number of amides is 1. The lowest BCUT2D eigenvalue weighted by Gasteiger charge is -2.38. The van der Waals surface area contributed by atoms with Gasteiger partial charge >= 0.3 is 6.18 Å². The molecule has 8 heteroatoms. The highest BCUT2D eigenvalue weighted by molar-refractivity contribution is 5.81. The second-order valence-corrected chi connectivity index (χ2v) is 7.05. The molecule has 1 saturated heterocycles. The lowest BCUT2D eigenvalue weighted by Crippen LogP contribution is -2.50. The number of carbonyl (C=O) groups excluding carboxylic acids is 1. The smallest absolute Gasteiger partial charge is 0.368 e. The third-order valence-corrected chi connectivity index (χ3v) is 5.06. The molecule has 2 aromatic rings. The molecule has 3 rings (SSSR count). The predicted molar refractivity (Wildman–Crippen MR) is 101 cm³/mol. The summed E-state index contributed by atoms with van der Waals surface area (Å²) in [5.74, 6) is -0.471. The highest BCUT2D eigenvalue weighted by Gasteiger charge is 2.31. The van der Waals surface area contributed by atoms with Crippen molar-refractivity contribution in [3.05, 3.63) is 70.8 Å². The highest BCUT2D eigenvalue weighted by atomic mass is 19.4. The van der Waals surface area contributed by atoms with Crippen LogP contribution in [0.15, 0.2) is 48.5 Å². The van der Waals surface area contributed by atoms with Crippen molar-refractivity contribution in [2.24, 2.45) is 5.73 Å². The molecule has 1 atom stereocenters. The van der Waals surface area contributed by atoms with Crippen LogP contribution in [0.3, 0.4) is 0 Å². The summed E-state index contributed by atoms with van der Waals surface area (Å²) in [4.78, 5) is 16.1. The Balaban J connectivity index is 1.64. The summed E-state index contributed by atoms with van der Waals surface area (Å²) in [6.07, 6.45) is -4.36. The Bertz CT molecular complexity index is 897. The Kier molecular flexibility index (Phi) is 6.20. The van der Waals surface area contributed by atoms with Gasteiger partial charge in [0.15, 0.2) is 0 Å². The fourth-order valence-electron chi connectivity index (χ4n) is 3.58. The fraction of sp³-hybridized carbons (Fsp3) is 0.333. The summed E-state index contributed by atoms with van der Waals surface area (Å²) >= 11 is 0. The van der Waals surface area contributed by atoms with Crippen molar-refractivity contribution < 1.29 is 18.0 Å². The van der Waals surface area contributed by atoms with E-state index in [2.05, 4.69) is 4.90 Å². The number of hydrogen-bond donors (Lipinski definition) is 1. The van der Waals surface area contributed by atoms with Crippen LogP contribution in [0.4, 0.5) is 13.2 Å². The molecule has 1 aliphatic rings. The molecule has 2 N–H and O–H groups in total. The van der Waals surface area contributed by atoms with E-state index in [4.69, 9.17) is 11.0 Å². The SMILES string of the molecule is N#Cc1ccc(C(C(N)=O)N2CCN(Cc3cccc(C(F)(F)F)c3)CC2)cc1. The van der Waals surface area contributed by atoms with Crippen LogP contribution < -0.4 is 5.73 Å². The maximum Gasteiger partial charge on any atom is 0.416 e. The summed E-state index contributed by atoms with van der Waals surface area (Å²) in [5.41, 5.74) is 6.80. The Morgan fingerprint density at radius 1 is 1.10 bits per heavy atom. The molecule has 1 amide bonds. The van der Waals surface area contributed by atoms with E-state index in [1.165, 1.54) is 12.1 Å². The van der Waals surface area contributed by atoms with Crippen LogP contribution >= 0.6 is 0 Å². The monoisotopic (exact) mass is 402 g/mol. The molecule has 29 heavy (non-hydrogen) atoms. The number of benzene rings is 2. The van der Waals surface area contributed by atoms with Crippen molar-refractivity contribution in [2.75, 3.05) is 26.2 Å². The average molecular weight is 402 g/mol. The fourth-order valence-corrected chi connectivity index (χ4v) is 3.58. The molecule has 0 aliphatic carbocycles. The maximum atomic E-state index is 12.9. The summed E-state index contributed by atoms with van der Waals surface area (Å²) in [7, 11) is 0. The number of primary amides is 1. The van der Waals surface area contributed by atoms with Gasteiger partial charge in [0.05, 0.1) is 17.2 Å². The first kappa shape index (κ1) is 20.8. The molecule has 2 aromatic carbocycles. The Morgan fingerprint density at radius 3 is 2.31 bits per heavy atom. The lowest BCUT2D eigenvalue weighted by molar-refractivity contribution is -0.137. The summed E-state index contributed by atoms with van der Waals surface area (Å²) in [5, 5.41) is 8.92. The van der Waals surface area contributed by atoms with Crippen LogP contribution in [0, 0.1) is 11.3 Å². The van der Waals surface area contributed by atoms with Crippen molar-refractivity contribution in [3.63, 3.8) is 0 Å². The van der Waals surface area contributed by atoms with Crippen LogP contribution in [-0.4, -0.2) is 41.9 Å². The molecule has 1 heterocycles. The van der Waals surface area contributed by atoms with E-state index in [0.29, 0.717) is 43.9 Å². The largest absolute Gasteiger partial charge is 0.416 e. The molecule has 0 radical (unpaired) electrons. The van der Waals surface area contributed by atoms with Gasteiger partial charge < -0.3 is 5.73 Å². The first-order chi connectivity index (χ1) is 13.8. The van der Waals surface area contributed by atoms with E-state index in [1.54, 1.807) is 30.3 Å². The molecule has 5 nitrogen and oxygen atoms in total. The Labute approximate surface area is 167 Å². The first-order valence-corrected chi connectivity index (χ1v) is 9.20. The number of nitriles is 1. The molecule has 152 valence electrons. The molecule has 1 fully saturated rings. The Morgan fingerprint density at radius 2 is 1.76 bits per heavy atom. The number of rotatable bonds is 5. The minimum atomic E-state index is -4.36. The van der Waals surface area contributed by atoms with E-state index in [0.717, 1.165) is 11.6 Å². The zero-order chi connectivity index (χ0) is 21.0. The molecule has 0 aromatic heterocycles. The number of carbonyl (C=O) groups is 1. The van der Waals surface area contributed by atoms with Gasteiger partial charge in [0.1, 0.15) is 6.04 Å². The number of nitrogens with zero attached hydrogens (tertiary/aromatic N) is 3. The Hall–Kier alpha value is -2.89. The van der Waals surface area contributed by atoms with Gasteiger partial charge in [-0.3, -0.25) is 14.6 Å². The molecular formula is C21H21F3N4O. The van der Waals surface area contributed by atoms with Gasteiger partial charge in [-0.25, -0.2) is 0 Å². The number of hydrogen-bond acceptors (Lipinski definition) is 4. The van der Waals surface area contributed by atoms with E-state index >= 15 is 0 Å². The number of nitrogens with two attached hydrogens (primary N) is 1. The lowest BCUT2D eigenvalue weighted by atomic mass is 10.0. The number of alkyl halides is 3. The van der Waals surface area contributed by atoms with Crippen LogP contribution in [0.1, 0.15) is 28.3 Å². The highest BCUT2D eigenvalue weighted by Crippen LogP contribution is 2.30. The zero-order valence-electron chi connectivity index (χ0n) is 15.7. The van der Waals surface area contributed by atoms with Gasteiger partial charge in [-0.15, -0.1) is 0 Å². The molecule has 1 unspecified atom stereocenters. The molecule has 1 aliphatic heterocycles. The predicted octanol–water partition coefficient (Wildman–Crippen LogP) is 2.92. The van der Waals surface area contributed by atoms with Crippen LogP contribution in [0.25, 0.3) is 0 Å². The molecule has 0 saturated carbocycles. The van der Waals surface area contributed by atoms with E-state index in [1.807, 2.05) is 11.0 Å². The van der Waals surface area contributed by atoms with Crippen LogP contribution in [0.2, 0.25) is 0 Å². The van der Waals surface area contributed by atoms with E-state index in [-0.39, 0.29) is 0 Å². The molecule has 0 bridgehead atoms. The minimum absolute atomic E-state index is 0.413. The summed E-state index contributed by atoms with van der Waals surface area (Å²) in [6.45, 7) is 2.75. The van der Waals surface area contributed by atoms with Crippen molar-refractivity contribution in [1.82, 2.24) is 9.80 Å². The normalized spacial score (nSPS) is 16.9. The summed E-state index contributed by atoms with van der Waals surface area (Å²) < 4.78 is 38.7. The van der Waals surface area contributed by atoms with Crippen LogP contribution in [-0.2, 0) is 17.5 Å². The van der Waals surface area contributed by atoms with Gasteiger partial charge in [-0.05, 0) is 29.3 Å². The third kappa shape index (κ3) is 5.13. The van der Waals surface area contributed by atoms with Gasteiger partial charge in [-0.2, -0.15) is 18.4 Å². The minimum Gasteiger partial charge on any atom is -0.368 e. The standard InChI is InChI=1S/C21H21F3N4O/c22-21(23,24)18-3-1-2-16(12-18)14-27-8-10-28(11-9-27)19(20(26)29)17-6-4-15(13-25)5-7-17/h1-7,12,19H,8-11,14H2,(H2,26,29). The zero-order valence-corrected chi connectivity index (χ0v) is 15.7. The second-order valence-electron chi connectivity index (χ2n) is 7.05. The maximum absolute atomic E-state index is 12.9. The van der Waals surface area contributed by atoms with Crippen LogP contribution in [0.5, 0.6) is 0 Å². The summed E-state index contributed by atoms with van der Waals surface area (Å²) in [6, 6.07) is 13.5. The first-order valence-electron chi connectivity index (χ1n) is 9.20. The molecule has 0 spiro atoms. The number of halogens is 3. The average Bonchev–Trinajstić information content (AvgIpc) is 2.69. The van der Waals surface area contributed by atoms with Gasteiger partial charge in [-0.1, -0.05) is 30.3 Å². The van der Waals surface area contributed by atoms with E-state index < -0.39 is 23.7 Å². The topological polar surface area (TPSA) is 73.4 Å². The second kappa shape index (κ2) is 8.64. The number of piperazine rings is 1. The van der Waals surface area contributed by atoms with Crippen molar-refractivity contribution in [3.8, 4) is 6.07 Å². The van der Waals surface area contributed by atoms with Crippen molar-refractivity contribution >= 4 is 5.91 Å².